The summed E-state index contributed by atoms with van der Waals surface area (Å²) in [6, 6.07) is 21.1. The number of nitrogens with zero attached hydrogens (tertiary/aromatic N) is 2. The van der Waals surface area contributed by atoms with Gasteiger partial charge in [0.2, 0.25) is 0 Å². The zero-order valence-electron chi connectivity index (χ0n) is 22.2. The molecule has 3 nitrogen and oxygen atoms in total. The Morgan fingerprint density at radius 3 is 2.13 bits per heavy atom. The van der Waals surface area contributed by atoms with E-state index >= 15 is 0 Å². The van der Waals surface area contributed by atoms with E-state index in [0.717, 1.165) is 36.2 Å². The van der Waals surface area contributed by atoms with Crippen molar-refractivity contribution in [3.05, 3.63) is 92.4 Å². The number of benzene rings is 3. The maximum absolute atomic E-state index is 6.75. The van der Waals surface area contributed by atoms with Crippen LogP contribution in [0.4, 0.5) is 0 Å². The van der Waals surface area contributed by atoms with Gasteiger partial charge >= 0.3 is 0 Å². The quantitative estimate of drug-likeness (QED) is 0.134. The molecule has 0 aliphatic rings. The van der Waals surface area contributed by atoms with Crippen LogP contribution in [0.15, 0.2) is 66.7 Å². The van der Waals surface area contributed by atoms with Gasteiger partial charge in [-0.05, 0) is 48.4 Å². The largest absolute Gasteiger partial charge is 0.488 e. The molecule has 4 rings (SSSR count). The summed E-state index contributed by atoms with van der Waals surface area (Å²) in [5, 5.41) is 7.16. The number of aryl methyl sites for hydroxylation is 1. The molecule has 0 atom stereocenters. The second kappa shape index (κ2) is 15.0. The van der Waals surface area contributed by atoms with Crippen LogP contribution in [0, 0.1) is 0 Å². The van der Waals surface area contributed by atoms with Gasteiger partial charge in [0.05, 0.1) is 27.0 Å². The standard InChI is InChI=1S/C32H34Cl4N2O/c1-2-3-4-5-6-7-8-12-17-38-30(26-16-15-24(33)18-27(26)35)21-29(37-38)32-28(36)19-25(34)20-31(32)39-22-23-13-10-9-11-14-23/h9-11,13-16,18-21H,2-8,12,17,22H2,1H3. The number of aromatic nitrogens is 2. The number of unbranched alkanes of at least 4 members (excludes halogenated alkanes) is 7. The van der Waals surface area contributed by atoms with Crippen LogP contribution in [-0.4, -0.2) is 9.78 Å². The van der Waals surface area contributed by atoms with Crippen LogP contribution in [0.3, 0.4) is 0 Å². The summed E-state index contributed by atoms with van der Waals surface area (Å²) in [7, 11) is 0. The van der Waals surface area contributed by atoms with Crippen molar-refractivity contribution in [2.75, 3.05) is 0 Å². The van der Waals surface area contributed by atoms with E-state index in [1.54, 1.807) is 18.2 Å². The Morgan fingerprint density at radius 1 is 0.718 bits per heavy atom. The SMILES string of the molecule is CCCCCCCCCCn1nc(-c2c(Cl)cc(Cl)cc2OCc2ccccc2)cc1-c1ccc(Cl)cc1Cl. The first kappa shape index (κ1) is 29.8. The molecule has 0 radical (unpaired) electrons. The van der Waals surface area contributed by atoms with Crippen molar-refractivity contribution in [2.24, 2.45) is 0 Å². The maximum atomic E-state index is 6.75. The lowest BCUT2D eigenvalue weighted by atomic mass is 10.1. The molecule has 0 amide bonds. The number of hydrogen-bond donors (Lipinski definition) is 0. The highest BCUT2D eigenvalue weighted by molar-refractivity contribution is 6.37. The molecule has 4 aromatic rings. The van der Waals surface area contributed by atoms with Crippen molar-refractivity contribution in [2.45, 2.75) is 71.4 Å². The minimum atomic E-state index is 0.388. The number of rotatable bonds is 14. The van der Waals surface area contributed by atoms with Crippen molar-refractivity contribution in [1.29, 1.82) is 0 Å². The first-order valence-electron chi connectivity index (χ1n) is 13.7. The van der Waals surface area contributed by atoms with Gasteiger partial charge in [0, 0.05) is 22.2 Å². The summed E-state index contributed by atoms with van der Waals surface area (Å²) in [5.74, 6) is 0.585. The normalized spacial score (nSPS) is 11.2. The summed E-state index contributed by atoms with van der Waals surface area (Å²) in [6.45, 7) is 3.41. The van der Waals surface area contributed by atoms with Crippen LogP contribution in [0.2, 0.25) is 20.1 Å². The Balaban J connectivity index is 1.61. The van der Waals surface area contributed by atoms with Gasteiger partial charge in [0.25, 0.3) is 0 Å². The molecule has 0 saturated carbocycles. The molecule has 0 saturated heterocycles. The Kier molecular flexibility index (Phi) is 11.5. The molecular formula is C32H34Cl4N2O. The van der Waals surface area contributed by atoms with E-state index in [4.69, 9.17) is 56.2 Å². The van der Waals surface area contributed by atoms with Crippen LogP contribution < -0.4 is 4.74 Å². The number of halogens is 4. The van der Waals surface area contributed by atoms with Crippen molar-refractivity contribution in [3.63, 3.8) is 0 Å². The average Bonchev–Trinajstić information content (AvgIpc) is 3.32. The molecule has 206 valence electrons. The van der Waals surface area contributed by atoms with Crippen LogP contribution in [0.1, 0.15) is 63.9 Å². The first-order chi connectivity index (χ1) is 19.0. The lowest BCUT2D eigenvalue weighted by molar-refractivity contribution is 0.307. The molecule has 0 spiro atoms. The van der Waals surface area contributed by atoms with Gasteiger partial charge in [-0.2, -0.15) is 5.10 Å². The van der Waals surface area contributed by atoms with E-state index in [9.17, 15) is 0 Å². The summed E-state index contributed by atoms with van der Waals surface area (Å²) in [6.07, 6.45) is 9.93. The minimum Gasteiger partial charge on any atom is -0.488 e. The van der Waals surface area contributed by atoms with E-state index in [0.29, 0.717) is 43.7 Å². The van der Waals surface area contributed by atoms with E-state index < -0.39 is 0 Å². The maximum Gasteiger partial charge on any atom is 0.132 e. The smallest absolute Gasteiger partial charge is 0.132 e. The van der Waals surface area contributed by atoms with Gasteiger partial charge < -0.3 is 4.74 Å². The van der Waals surface area contributed by atoms with Gasteiger partial charge in [-0.15, -0.1) is 0 Å². The fourth-order valence-corrected chi connectivity index (χ4v) is 5.74. The summed E-state index contributed by atoms with van der Waals surface area (Å²) in [5.41, 5.74) is 4.25. The van der Waals surface area contributed by atoms with Gasteiger partial charge in [0.1, 0.15) is 12.4 Å². The first-order valence-corrected chi connectivity index (χ1v) is 15.2. The molecule has 0 aliphatic carbocycles. The molecule has 1 heterocycles. The zero-order chi connectivity index (χ0) is 27.6. The van der Waals surface area contributed by atoms with Gasteiger partial charge in [0.15, 0.2) is 0 Å². The lowest BCUT2D eigenvalue weighted by Gasteiger charge is -2.13. The van der Waals surface area contributed by atoms with Gasteiger partial charge in [-0.3, -0.25) is 4.68 Å². The van der Waals surface area contributed by atoms with Crippen LogP contribution in [0.25, 0.3) is 22.5 Å². The van der Waals surface area contributed by atoms with E-state index in [1.807, 2.05) is 53.2 Å². The Hall–Kier alpha value is -2.17. The molecule has 0 fully saturated rings. The molecule has 1 aromatic heterocycles. The second-order valence-electron chi connectivity index (χ2n) is 9.77. The van der Waals surface area contributed by atoms with E-state index in [2.05, 4.69) is 6.92 Å². The summed E-state index contributed by atoms with van der Waals surface area (Å²) < 4.78 is 8.25. The van der Waals surface area contributed by atoms with Crippen LogP contribution >= 0.6 is 46.4 Å². The minimum absolute atomic E-state index is 0.388. The third-order valence-electron chi connectivity index (χ3n) is 6.72. The molecule has 7 heteroatoms. The Bertz CT molecular complexity index is 1350. The summed E-state index contributed by atoms with van der Waals surface area (Å²) >= 11 is 26.0. The molecule has 0 bridgehead atoms. The number of ether oxygens (including phenoxy) is 1. The predicted molar refractivity (Wildman–Crippen MR) is 167 cm³/mol. The van der Waals surface area contributed by atoms with Crippen LogP contribution in [0.5, 0.6) is 5.75 Å². The Labute approximate surface area is 252 Å². The van der Waals surface area contributed by atoms with E-state index in [1.165, 1.54) is 38.5 Å². The molecule has 0 unspecified atom stereocenters. The number of hydrogen-bond acceptors (Lipinski definition) is 2. The fourth-order valence-electron chi connectivity index (χ4n) is 4.67. The van der Waals surface area contributed by atoms with Crippen molar-refractivity contribution in [1.82, 2.24) is 9.78 Å². The van der Waals surface area contributed by atoms with Crippen molar-refractivity contribution in [3.8, 4) is 28.3 Å². The fraction of sp³-hybridized carbons (Fsp3) is 0.344. The highest BCUT2D eigenvalue weighted by Crippen LogP contribution is 2.41. The average molecular weight is 604 g/mol. The van der Waals surface area contributed by atoms with Crippen LogP contribution in [-0.2, 0) is 13.2 Å². The van der Waals surface area contributed by atoms with Crippen molar-refractivity contribution < 1.29 is 4.74 Å². The Morgan fingerprint density at radius 2 is 1.41 bits per heavy atom. The monoisotopic (exact) mass is 602 g/mol. The van der Waals surface area contributed by atoms with Gasteiger partial charge in [-0.1, -0.05) is 129 Å². The predicted octanol–water partition coefficient (Wildman–Crippen LogP) is 11.6. The van der Waals surface area contributed by atoms with Gasteiger partial charge in [-0.25, -0.2) is 0 Å². The van der Waals surface area contributed by atoms with Crippen molar-refractivity contribution >= 4 is 46.4 Å². The zero-order valence-corrected chi connectivity index (χ0v) is 25.3. The second-order valence-corrected chi connectivity index (χ2v) is 11.5. The summed E-state index contributed by atoms with van der Waals surface area (Å²) in [4.78, 5) is 0. The third-order valence-corrected chi connectivity index (χ3v) is 7.79. The lowest BCUT2D eigenvalue weighted by Crippen LogP contribution is -2.03. The molecule has 0 aliphatic heterocycles. The topological polar surface area (TPSA) is 27.1 Å². The van der Waals surface area contributed by atoms with E-state index in [-0.39, 0.29) is 0 Å². The molecule has 39 heavy (non-hydrogen) atoms. The molecule has 0 N–H and O–H groups in total. The molecular weight excluding hydrogens is 570 g/mol. The third kappa shape index (κ3) is 8.41. The highest BCUT2D eigenvalue weighted by atomic mass is 35.5. The molecule has 3 aromatic carbocycles. The highest BCUT2D eigenvalue weighted by Gasteiger charge is 2.20.